The van der Waals surface area contributed by atoms with Crippen molar-refractivity contribution in [1.29, 1.82) is 0 Å². The SMILES string of the molecule is Nc1c(-c2cccc(Oc3ccccc3)c2)cnc2ccnn12. The van der Waals surface area contributed by atoms with E-state index in [-0.39, 0.29) is 0 Å². The number of nitrogen functional groups attached to an aromatic ring is 1. The molecule has 2 N–H and O–H groups in total. The van der Waals surface area contributed by atoms with Crippen molar-refractivity contribution in [2.24, 2.45) is 0 Å². The van der Waals surface area contributed by atoms with E-state index in [1.807, 2.05) is 60.7 Å². The van der Waals surface area contributed by atoms with Gasteiger partial charge in [-0.2, -0.15) is 9.61 Å². The average Bonchev–Trinajstić information content (AvgIpc) is 3.06. The number of fused-ring (bicyclic) bond motifs is 1. The van der Waals surface area contributed by atoms with Crippen LogP contribution < -0.4 is 10.5 Å². The molecule has 0 spiro atoms. The molecule has 2 heterocycles. The molecular formula is C18H14N4O. The van der Waals surface area contributed by atoms with Gasteiger partial charge in [0.2, 0.25) is 0 Å². The van der Waals surface area contributed by atoms with Crippen LogP contribution in [-0.2, 0) is 0 Å². The number of rotatable bonds is 3. The van der Waals surface area contributed by atoms with Crippen LogP contribution in [0, 0.1) is 0 Å². The van der Waals surface area contributed by atoms with E-state index >= 15 is 0 Å². The number of nitrogens with zero attached hydrogens (tertiary/aromatic N) is 3. The van der Waals surface area contributed by atoms with Gasteiger partial charge in [0.1, 0.15) is 17.3 Å². The minimum absolute atomic E-state index is 0.553. The highest BCUT2D eigenvalue weighted by atomic mass is 16.5. The molecule has 0 amide bonds. The largest absolute Gasteiger partial charge is 0.457 e. The summed E-state index contributed by atoms with van der Waals surface area (Å²) in [6.45, 7) is 0. The lowest BCUT2D eigenvalue weighted by molar-refractivity contribution is 0.483. The molecule has 0 aliphatic carbocycles. The van der Waals surface area contributed by atoms with Crippen LogP contribution in [0.2, 0.25) is 0 Å². The number of anilines is 1. The van der Waals surface area contributed by atoms with Crippen LogP contribution in [0.3, 0.4) is 0 Å². The Morgan fingerprint density at radius 2 is 1.74 bits per heavy atom. The summed E-state index contributed by atoms with van der Waals surface area (Å²) in [4.78, 5) is 4.37. The van der Waals surface area contributed by atoms with Gasteiger partial charge in [0.25, 0.3) is 0 Å². The topological polar surface area (TPSA) is 65.4 Å². The van der Waals surface area contributed by atoms with Gasteiger partial charge in [-0.1, -0.05) is 30.3 Å². The minimum Gasteiger partial charge on any atom is -0.457 e. The van der Waals surface area contributed by atoms with Crippen molar-refractivity contribution in [1.82, 2.24) is 14.6 Å². The number of hydrogen-bond acceptors (Lipinski definition) is 4. The van der Waals surface area contributed by atoms with Crippen molar-refractivity contribution in [2.75, 3.05) is 5.73 Å². The molecule has 23 heavy (non-hydrogen) atoms. The minimum atomic E-state index is 0.553. The summed E-state index contributed by atoms with van der Waals surface area (Å²) in [7, 11) is 0. The van der Waals surface area contributed by atoms with Gasteiger partial charge >= 0.3 is 0 Å². The summed E-state index contributed by atoms with van der Waals surface area (Å²) in [6, 6.07) is 19.2. The summed E-state index contributed by atoms with van der Waals surface area (Å²) >= 11 is 0. The predicted molar refractivity (Wildman–Crippen MR) is 89.4 cm³/mol. The standard InChI is InChI=1S/C18H14N4O/c19-18-16(12-20-17-9-10-21-22(17)18)13-5-4-8-15(11-13)23-14-6-2-1-3-7-14/h1-12H,19H2. The molecule has 112 valence electrons. The van der Waals surface area contributed by atoms with E-state index in [9.17, 15) is 0 Å². The Morgan fingerprint density at radius 1 is 0.913 bits per heavy atom. The molecule has 4 aromatic rings. The van der Waals surface area contributed by atoms with E-state index in [1.165, 1.54) is 0 Å². The fraction of sp³-hybridized carbons (Fsp3) is 0. The average molecular weight is 302 g/mol. The Labute approximate surface area is 133 Å². The third-order valence-corrected chi connectivity index (χ3v) is 3.58. The lowest BCUT2D eigenvalue weighted by atomic mass is 10.1. The monoisotopic (exact) mass is 302 g/mol. The maximum atomic E-state index is 6.22. The van der Waals surface area contributed by atoms with Crippen molar-refractivity contribution in [3.8, 4) is 22.6 Å². The van der Waals surface area contributed by atoms with Gasteiger partial charge in [-0.05, 0) is 29.8 Å². The maximum absolute atomic E-state index is 6.22. The molecule has 0 saturated carbocycles. The molecule has 0 unspecified atom stereocenters. The van der Waals surface area contributed by atoms with Gasteiger partial charge in [0.05, 0.1) is 6.20 Å². The molecule has 0 atom stereocenters. The fourth-order valence-corrected chi connectivity index (χ4v) is 2.46. The number of benzene rings is 2. The summed E-state index contributed by atoms with van der Waals surface area (Å²) in [5.41, 5.74) is 8.69. The van der Waals surface area contributed by atoms with Crippen molar-refractivity contribution < 1.29 is 4.74 Å². The van der Waals surface area contributed by atoms with Gasteiger partial charge in [0, 0.05) is 17.8 Å². The lowest BCUT2D eigenvalue weighted by Crippen LogP contribution is -2.02. The van der Waals surface area contributed by atoms with Crippen molar-refractivity contribution in [2.45, 2.75) is 0 Å². The van der Waals surface area contributed by atoms with E-state index in [0.717, 1.165) is 28.3 Å². The zero-order valence-electron chi connectivity index (χ0n) is 12.3. The van der Waals surface area contributed by atoms with Gasteiger partial charge in [-0.25, -0.2) is 4.98 Å². The Kier molecular flexibility index (Phi) is 3.16. The van der Waals surface area contributed by atoms with Crippen LogP contribution in [-0.4, -0.2) is 14.6 Å². The Hall–Kier alpha value is -3.34. The second-order valence-corrected chi connectivity index (χ2v) is 5.10. The molecule has 5 nitrogen and oxygen atoms in total. The number of aromatic nitrogens is 3. The first kappa shape index (κ1) is 13.3. The quantitative estimate of drug-likeness (QED) is 0.625. The third kappa shape index (κ3) is 2.48. The number of para-hydroxylation sites is 1. The second-order valence-electron chi connectivity index (χ2n) is 5.10. The first-order valence-corrected chi connectivity index (χ1v) is 7.23. The summed E-state index contributed by atoms with van der Waals surface area (Å²) < 4.78 is 7.49. The van der Waals surface area contributed by atoms with Crippen LogP contribution >= 0.6 is 0 Å². The number of nitrogens with two attached hydrogens (primary N) is 1. The highest BCUT2D eigenvalue weighted by Gasteiger charge is 2.09. The summed E-state index contributed by atoms with van der Waals surface area (Å²) in [5.74, 6) is 2.09. The molecule has 4 rings (SSSR count). The molecule has 0 aliphatic rings. The van der Waals surface area contributed by atoms with Crippen LogP contribution in [0.25, 0.3) is 16.8 Å². The molecule has 2 aromatic carbocycles. The molecule has 0 bridgehead atoms. The van der Waals surface area contributed by atoms with Crippen LogP contribution in [0.5, 0.6) is 11.5 Å². The fourth-order valence-electron chi connectivity index (χ4n) is 2.46. The molecule has 5 heteroatoms. The smallest absolute Gasteiger partial charge is 0.157 e. The maximum Gasteiger partial charge on any atom is 0.157 e. The second kappa shape index (κ2) is 5.46. The van der Waals surface area contributed by atoms with Gasteiger partial charge in [-0.3, -0.25) is 0 Å². The zero-order valence-corrected chi connectivity index (χ0v) is 12.3. The van der Waals surface area contributed by atoms with E-state index in [4.69, 9.17) is 10.5 Å². The highest BCUT2D eigenvalue weighted by molar-refractivity contribution is 5.75. The molecule has 0 aliphatic heterocycles. The Bertz CT molecular complexity index is 963. The Morgan fingerprint density at radius 3 is 2.61 bits per heavy atom. The first-order valence-electron chi connectivity index (χ1n) is 7.23. The van der Waals surface area contributed by atoms with Gasteiger partial charge in [0.15, 0.2) is 5.65 Å². The van der Waals surface area contributed by atoms with Gasteiger partial charge < -0.3 is 10.5 Å². The van der Waals surface area contributed by atoms with Crippen molar-refractivity contribution in [3.63, 3.8) is 0 Å². The molecule has 0 radical (unpaired) electrons. The lowest BCUT2D eigenvalue weighted by Gasteiger charge is -2.10. The van der Waals surface area contributed by atoms with Crippen molar-refractivity contribution in [3.05, 3.63) is 73.1 Å². The van der Waals surface area contributed by atoms with E-state index in [1.54, 1.807) is 16.9 Å². The van der Waals surface area contributed by atoms with E-state index in [0.29, 0.717) is 5.82 Å². The Balaban J connectivity index is 1.74. The van der Waals surface area contributed by atoms with Gasteiger partial charge in [-0.15, -0.1) is 0 Å². The molecule has 2 aromatic heterocycles. The normalized spacial score (nSPS) is 10.8. The first-order chi connectivity index (χ1) is 11.3. The van der Waals surface area contributed by atoms with E-state index in [2.05, 4.69) is 10.1 Å². The third-order valence-electron chi connectivity index (χ3n) is 3.58. The summed E-state index contributed by atoms with van der Waals surface area (Å²) in [5, 5.41) is 4.19. The predicted octanol–water partition coefficient (Wildman–Crippen LogP) is 3.77. The van der Waals surface area contributed by atoms with Crippen LogP contribution in [0.1, 0.15) is 0 Å². The molecule has 0 saturated heterocycles. The van der Waals surface area contributed by atoms with E-state index < -0.39 is 0 Å². The number of hydrogen-bond donors (Lipinski definition) is 1. The molecule has 0 fully saturated rings. The zero-order chi connectivity index (χ0) is 15.6. The van der Waals surface area contributed by atoms with Crippen LogP contribution in [0.15, 0.2) is 73.1 Å². The molecular weight excluding hydrogens is 288 g/mol. The van der Waals surface area contributed by atoms with Crippen molar-refractivity contribution >= 4 is 11.5 Å². The highest BCUT2D eigenvalue weighted by Crippen LogP contribution is 2.30. The van der Waals surface area contributed by atoms with Crippen LogP contribution in [0.4, 0.5) is 5.82 Å². The number of ether oxygens (including phenoxy) is 1. The summed E-state index contributed by atoms with van der Waals surface area (Å²) in [6.07, 6.45) is 3.44.